The molecule has 0 aromatic heterocycles. The summed E-state index contributed by atoms with van der Waals surface area (Å²) in [6, 6.07) is 0. The second-order valence-electron chi connectivity index (χ2n) is 2.82. The van der Waals surface area contributed by atoms with E-state index in [0.29, 0.717) is 6.42 Å². The first-order valence-electron chi connectivity index (χ1n) is 5.08. The molecule has 14 heavy (non-hydrogen) atoms. The standard InChI is InChI=1S/C6H12O.C6H10O/c2*1-3-5-6(7)4-2/h3,5-7H,4H2,1-2H3;3,5H,4H2,1-2H3/b2*5-3+. The van der Waals surface area contributed by atoms with E-state index in [1.165, 1.54) is 0 Å². The molecule has 0 aromatic carbocycles. The molecule has 1 N–H and O–H groups in total. The molecule has 1 unspecified atom stereocenters. The number of aliphatic hydroxyl groups excluding tert-OH is 1. The first kappa shape index (κ1) is 15.6. The Kier molecular flexibility index (Phi) is 13.5. The Balaban J connectivity index is 0. The summed E-state index contributed by atoms with van der Waals surface area (Å²) in [5, 5.41) is 8.77. The van der Waals surface area contributed by atoms with Crippen LogP contribution < -0.4 is 0 Å². The third kappa shape index (κ3) is 13.7. The third-order valence-electron chi connectivity index (χ3n) is 1.53. The molecule has 2 heteroatoms. The molecule has 0 spiro atoms. The molecular weight excluding hydrogens is 176 g/mol. The second kappa shape index (κ2) is 12.1. The second-order valence-corrected chi connectivity index (χ2v) is 2.82. The van der Waals surface area contributed by atoms with Gasteiger partial charge in [-0.1, -0.05) is 32.1 Å². The number of ketones is 1. The van der Waals surface area contributed by atoms with Gasteiger partial charge in [-0.15, -0.1) is 0 Å². The van der Waals surface area contributed by atoms with Crippen molar-refractivity contribution in [3.05, 3.63) is 24.3 Å². The van der Waals surface area contributed by atoms with Crippen LogP contribution in [-0.2, 0) is 4.79 Å². The van der Waals surface area contributed by atoms with Crippen molar-refractivity contribution in [1.82, 2.24) is 0 Å². The summed E-state index contributed by atoms with van der Waals surface area (Å²) >= 11 is 0. The van der Waals surface area contributed by atoms with Gasteiger partial charge in [0.2, 0.25) is 0 Å². The van der Waals surface area contributed by atoms with Crippen LogP contribution in [0, 0.1) is 0 Å². The maximum Gasteiger partial charge on any atom is 0.155 e. The molecule has 0 saturated heterocycles. The van der Waals surface area contributed by atoms with Gasteiger partial charge < -0.3 is 5.11 Å². The van der Waals surface area contributed by atoms with Crippen molar-refractivity contribution in [2.24, 2.45) is 0 Å². The average Bonchev–Trinajstić information content (AvgIpc) is 2.19. The topological polar surface area (TPSA) is 37.3 Å². The minimum absolute atomic E-state index is 0.197. The molecule has 0 aliphatic heterocycles. The van der Waals surface area contributed by atoms with Crippen molar-refractivity contribution >= 4 is 5.78 Å². The van der Waals surface area contributed by atoms with Crippen molar-refractivity contribution < 1.29 is 9.90 Å². The van der Waals surface area contributed by atoms with E-state index in [9.17, 15) is 4.79 Å². The lowest BCUT2D eigenvalue weighted by atomic mass is 10.3. The zero-order chi connectivity index (χ0) is 11.4. The molecule has 1 atom stereocenters. The number of allylic oxidation sites excluding steroid dienone is 3. The molecule has 0 fully saturated rings. The van der Waals surface area contributed by atoms with E-state index in [1.54, 1.807) is 18.2 Å². The number of aliphatic hydroxyl groups is 1. The Labute approximate surface area is 87.3 Å². The third-order valence-corrected chi connectivity index (χ3v) is 1.53. The lowest BCUT2D eigenvalue weighted by molar-refractivity contribution is -0.114. The van der Waals surface area contributed by atoms with Gasteiger partial charge in [0.15, 0.2) is 5.78 Å². The van der Waals surface area contributed by atoms with E-state index in [2.05, 4.69) is 0 Å². The molecule has 0 aliphatic rings. The summed E-state index contributed by atoms with van der Waals surface area (Å²) in [7, 11) is 0. The van der Waals surface area contributed by atoms with Crippen LogP contribution in [0.4, 0.5) is 0 Å². The van der Waals surface area contributed by atoms with Gasteiger partial charge in [0, 0.05) is 6.42 Å². The average molecular weight is 198 g/mol. The van der Waals surface area contributed by atoms with Crippen LogP contribution in [0.2, 0.25) is 0 Å². The van der Waals surface area contributed by atoms with Gasteiger partial charge in [-0.25, -0.2) is 0 Å². The summed E-state index contributed by atoms with van der Waals surface area (Å²) in [6.45, 7) is 7.54. The lowest BCUT2D eigenvalue weighted by Gasteiger charge is -1.95. The molecule has 2 nitrogen and oxygen atoms in total. The molecule has 0 radical (unpaired) electrons. The van der Waals surface area contributed by atoms with Crippen LogP contribution in [0.5, 0.6) is 0 Å². The molecule has 0 amide bonds. The van der Waals surface area contributed by atoms with Crippen molar-refractivity contribution in [3.63, 3.8) is 0 Å². The smallest absolute Gasteiger partial charge is 0.155 e. The minimum atomic E-state index is -0.231. The fraction of sp³-hybridized carbons (Fsp3) is 0.583. The highest BCUT2D eigenvalue weighted by Gasteiger charge is 1.87. The zero-order valence-corrected chi connectivity index (χ0v) is 9.66. The van der Waals surface area contributed by atoms with E-state index in [4.69, 9.17) is 5.11 Å². The van der Waals surface area contributed by atoms with E-state index < -0.39 is 0 Å². The molecule has 82 valence electrons. The molecule has 0 saturated carbocycles. The van der Waals surface area contributed by atoms with Gasteiger partial charge >= 0.3 is 0 Å². The van der Waals surface area contributed by atoms with Crippen molar-refractivity contribution in [2.45, 2.75) is 46.6 Å². The summed E-state index contributed by atoms with van der Waals surface area (Å²) in [4.78, 5) is 10.3. The highest BCUT2D eigenvalue weighted by molar-refractivity contribution is 5.89. The van der Waals surface area contributed by atoms with Gasteiger partial charge in [0.1, 0.15) is 0 Å². The van der Waals surface area contributed by atoms with Crippen LogP contribution in [-0.4, -0.2) is 17.0 Å². The maximum absolute atomic E-state index is 10.3. The van der Waals surface area contributed by atoms with E-state index in [0.717, 1.165) is 6.42 Å². The van der Waals surface area contributed by atoms with Gasteiger partial charge in [-0.3, -0.25) is 4.79 Å². The quantitative estimate of drug-likeness (QED) is 0.557. The Morgan fingerprint density at radius 1 is 1.29 bits per heavy atom. The first-order chi connectivity index (χ1) is 6.62. The molecular formula is C12H22O2. The summed E-state index contributed by atoms with van der Waals surface area (Å²) in [5.74, 6) is 0.197. The maximum atomic E-state index is 10.3. The van der Waals surface area contributed by atoms with Crippen LogP contribution >= 0.6 is 0 Å². The normalized spacial score (nSPS) is 12.6. The van der Waals surface area contributed by atoms with Crippen molar-refractivity contribution in [1.29, 1.82) is 0 Å². The van der Waals surface area contributed by atoms with E-state index >= 15 is 0 Å². The summed E-state index contributed by atoms with van der Waals surface area (Å²) < 4.78 is 0. The fourth-order valence-electron chi connectivity index (χ4n) is 0.662. The van der Waals surface area contributed by atoms with Crippen LogP contribution in [0.1, 0.15) is 40.5 Å². The molecule has 0 bridgehead atoms. The number of rotatable bonds is 4. The molecule has 0 heterocycles. The number of hydrogen-bond donors (Lipinski definition) is 1. The Morgan fingerprint density at radius 2 is 1.86 bits per heavy atom. The van der Waals surface area contributed by atoms with Crippen LogP contribution in [0.25, 0.3) is 0 Å². The number of carbonyl (C=O) groups excluding carboxylic acids is 1. The minimum Gasteiger partial charge on any atom is -0.389 e. The predicted octanol–water partition coefficient (Wildman–Crippen LogP) is 2.88. The molecule has 0 aliphatic carbocycles. The molecule has 0 aromatic rings. The Hall–Kier alpha value is -0.890. The SMILES string of the molecule is C/C=C/C(=O)CC.C/C=C/C(O)CC. The monoisotopic (exact) mass is 198 g/mol. The van der Waals surface area contributed by atoms with Gasteiger partial charge in [-0.2, -0.15) is 0 Å². The van der Waals surface area contributed by atoms with E-state index in [1.807, 2.05) is 33.8 Å². The Morgan fingerprint density at radius 3 is 2.00 bits per heavy atom. The lowest BCUT2D eigenvalue weighted by Crippen LogP contribution is -1.96. The Bertz CT molecular complexity index is 181. The molecule has 0 rings (SSSR count). The predicted molar refractivity (Wildman–Crippen MR) is 61.2 cm³/mol. The van der Waals surface area contributed by atoms with Gasteiger partial charge in [0.05, 0.1) is 6.10 Å². The highest BCUT2D eigenvalue weighted by Crippen LogP contribution is 1.89. The number of hydrogen-bond acceptors (Lipinski definition) is 2. The van der Waals surface area contributed by atoms with Crippen LogP contribution in [0.3, 0.4) is 0 Å². The van der Waals surface area contributed by atoms with E-state index in [-0.39, 0.29) is 11.9 Å². The first-order valence-corrected chi connectivity index (χ1v) is 5.08. The van der Waals surface area contributed by atoms with Gasteiger partial charge in [-0.05, 0) is 26.3 Å². The summed E-state index contributed by atoms with van der Waals surface area (Å²) in [5.41, 5.74) is 0. The van der Waals surface area contributed by atoms with Crippen molar-refractivity contribution in [2.75, 3.05) is 0 Å². The van der Waals surface area contributed by atoms with Crippen molar-refractivity contribution in [3.8, 4) is 0 Å². The zero-order valence-electron chi connectivity index (χ0n) is 9.66. The fourth-order valence-corrected chi connectivity index (χ4v) is 0.662. The van der Waals surface area contributed by atoms with Crippen LogP contribution in [0.15, 0.2) is 24.3 Å². The summed E-state index contributed by atoms with van der Waals surface area (Å²) in [6.07, 6.45) is 8.17. The number of carbonyl (C=O) groups is 1. The van der Waals surface area contributed by atoms with Gasteiger partial charge in [0.25, 0.3) is 0 Å². The largest absolute Gasteiger partial charge is 0.389 e. The highest BCUT2D eigenvalue weighted by atomic mass is 16.3.